The Labute approximate surface area is 340 Å². The Hall–Kier alpha value is -5.38. The van der Waals surface area contributed by atoms with Crippen LogP contribution in [-0.2, 0) is 46.1 Å². The van der Waals surface area contributed by atoms with Crippen LogP contribution < -0.4 is 11.1 Å². The molecule has 6 aromatic rings. The summed E-state index contributed by atoms with van der Waals surface area (Å²) in [7, 11) is -6.00. The third kappa shape index (κ3) is 11.4. The average Bonchev–Trinajstić information content (AvgIpc) is 3.14. The van der Waals surface area contributed by atoms with Gasteiger partial charge in [0.05, 0.1) is 35.3 Å². The highest BCUT2D eigenvalue weighted by Crippen LogP contribution is 2.32. The molecule has 4 aromatic heterocycles. The largest absolute Gasteiger partial charge is 0.433 e. The molecule has 4 heterocycles. The van der Waals surface area contributed by atoms with E-state index in [0.29, 0.717) is 18.4 Å². The number of rotatable bonds is 8. The fourth-order valence-corrected chi connectivity index (χ4v) is 6.31. The maximum atomic E-state index is 14.0. The van der Waals surface area contributed by atoms with Crippen LogP contribution in [0.5, 0.6) is 0 Å². The second kappa shape index (κ2) is 17.5. The zero-order valence-electron chi connectivity index (χ0n) is 29.8. The fourth-order valence-electron chi connectivity index (χ4n) is 5.01. The number of pyridine rings is 2. The highest BCUT2D eigenvalue weighted by Gasteiger charge is 2.35. The van der Waals surface area contributed by atoms with Crippen LogP contribution in [0.25, 0.3) is 22.5 Å². The van der Waals surface area contributed by atoms with Gasteiger partial charge < -0.3 is 9.13 Å². The Balaban J connectivity index is 0.000000224. The lowest BCUT2D eigenvalue weighted by Gasteiger charge is -2.12. The lowest BCUT2D eigenvalue weighted by Crippen LogP contribution is -2.20. The maximum Gasteiger partial charge on any atom is 0.433 e. The molecule has 0 aliphatic carbocycles. The van der Waals surface area contributed by atoms with Crippen LogP contribution in [0.2, 0.25) is 10.0 Å². The second-order valence-electron chi connectivity index (χ2n) is 12.3. The van der Waals surface area contributed by atoms with Crippen molar-refractivity contribution in [1.29, 1.82) is 0 Å². The van der Waals surface area contributed by atoms with Gasteiger partial charge in [-0.15, -0.1) is 0 Å². The van der Waals surface area contributed by atoms with Gasteiger partial charge in [0.15, 0.2) is 0 Å². The smallest absolute Gasteiger partial charge is 0.310 e. The summed E-state index contributed by atoms with van der Waals surface area (Å²) in [6, 6.07) is 13.7. The van der Waals surface area contributed by atoms with Gasteiger partial charge in [-0.1, -0.05) is 35.3 Å². The molecule has 0 spiro atoms. The number of hydrogen-bond donors (Lipinski definition) is 0. The first-order valence-electron chi connectivity index (χ1n) is 16.1. The van der Waals surface area contributed by atoms with Crippen LogP contribution in [0.15, 0.2) is 105 Å². The predicted molar refractivity (Wildman–Crippen MR) is 200 cm³/mol. The molecule has 23 heteroatoms. The van der Waals surface area contributed by atoms with Crippen LogP contribution in [0, 0.1) is 11.6 Å². The van der Waals surface area contributed by atoms with E-state index >= 15 is 0 Å². The van der Waals surface area contributed by atoms with Gasteiger partial charge in [-0.2, -0.15) is 26.3 Å². The molecule has 1 unspecified atom stereocenters. The monoisotopic (exact) mass is 906 g/mol. The molecule has 1 atom stereocenters. The number of benzene rings is 2. The Bertz CT molecular complexity index is 2840. The van der Waals surface area contributed by atoms with E-state index in [1.165, 1.54) is 42.6 Å². The quantitative estimate of drug-likeness (QED) is 0.112. The van der Waals surface area contributed by atoms with Crippen LogP contribution in [0.4, 0.5) is 35.1 Å². The summed E-state index contributed by atoms with van der Waals surface area (Å²) in [6.07, 6.45) is -5.45. The van der Waals surface area contributed by atoms with Gasteiger partial charge >= 0.3 is 12.4 Å². The third-order valence-corrected chi connectivity index (χ3v) is 9.86. The number of halogens is 10. The van der Waals surface area contributed by atoms with Crippen molar-refractivity contribution >= 4 is 43.8 Å². The van der Waals surface area contributed by atoms with Gasteiger partial charge in [-0.05, 0) is 48.5 Å². The predicted octanol–water partition coefficient (Wildman–Crippen LogP) is 7.47. The highest BCUT2D eigenvalue weighted by molar-refractivity contribution is 7.90. The molecule has 6 rings (SSSR count). The first-order chi connectivity index (χ1) is 27.4. The molecule has 0 N–H and O–H groups in total. The summed E-state index contributed by atoms with van der Waals surface area (Å²) in [5, 5.41) is -1.15. The van der Waals surface area contributed by atoms with Crippen molar-refractivity contribution in [3.05, 3.63) is 150 Å². The van der Waals surface area contributed by atoms with Crippen molar-refractivity contribution in [2.75, 3.05) is 12.5 Å². The van der Waals surface area contributed by atoms with Gasteiger partial charge in [0.25, 0.3) is 11.1 Å². The van der Waals surface area contributed by atoms with Crippen molar-refractivity contribution in [3.63, 3.8) is 0 Å². The van der Waals surface area contributed by atoms with Crippen molar-refractivity contribution in [2.45, 2.75) is 35.8 Å². The number of nitrogens with zero attached hydrogens (tertiary/aromatic N) is 6. The van der Waals surface area contributed by atoms with E-state index in [2.05, 4.69) is 19.9 Å². The Morgan fingerprint density at radius 2 is 1.07 bits per heavy atom. The lowest BCUT2D eigenvalue weighted by molar-refractivity contribution is -0.142. The van der Waals surface area contributed by atoms with Gasteiger partial charge in [0, 0.05) is 69.3 Å². The molecular formula is C36H24Cl2F8N6O5S2. The van der Waals surface area contributed by atoms with Crippen LogP contribution in [0.1, 0.15) is 22.5 Å². The topological polar surface area (TPSA) is 147 Å². The van der Waals surface area contributed by atoms with Crippen LogP contribution in [0.3, 0.4) is 0 Å². The molecule has 0 fully saturated rings. The van der Waals surface area contributed by atoms with Gasteiger partial charge in [-0.25, -0.2) is 37.1 Å². The van der Waals surface area contributed by atoms with E-state index in [-0.39, 0.29) is 56.8 Å². The summed E-state index contributed by atoms with van der Waals surface area (Å²) >= 11 is 11.4. The molecule has 0 saturated carbocycles. The average molecular weight is 908 g/mol. The van der Waals surface area contributed by atoms with Gasteiger partial charge in [0.1, 0.15) is 23.0 Å². The summed E-state index contributed by atoms with van der Waals surface area (Å²) in [6.45, 7) is -0.398. The lowest BCUT2D eigenvalue weighted by atomic mass is 10.1. The third-order valence-electron chi connectivity index (χ3n) is 7.85. The molecular weight excluding hydrogens is 883 g/mol. The van der Waals surface area contributed by atoms with E-state index < -0.39 is 77.4 Å². The van der Waals surface area contributed by atoms with Crippen molar-refractivity contribution in [1.82, 2.24) is 29.1 Å². The molecule has 0 aliphatic rings. The molecule has 11 nitrogen and oxygen atoms in total. The number of alkyl halides is 6. The normalized spacial score (nSPS) is 12.5. The van der Waals surface area contributed by atoms with Crippen molar-refractivity contribution in [3.8, 4) is 22.5 Å². The summed E-state index contributed by atoms with van der Waals surface area (Å²) < 4.78 is 144. The summed E-state index contributed by atoms with van der Waals surface area (Å²) in [5.41, 5.74) is -3.82. The first kappa shape index (κ1) is 44.7. The molecule has 0 aliphatic heterocycles. The Morgan fingerprint density at radius 1 is 0.644 bits per heavy atom. The fraction of sp³-hybridized carbons (Fsp3) is 0.167. The molecule has 59 heavy (non-hydrogen) atoms. The van der Waals surface area contributed by atoms with Crippen LogP contribution >= 0.6 is 23.2 Å². The highest BCUT2D eigenvalue weighted by atomic mass is 35.5. The summed E-state index contributed by atoms with van der Waals surface area (Å²) in [4.78, 5) is 38.2. The van der Waals surface area contributed by atoms with E-state index in [1.54, 1.807) is 0 Å². The van der Waals surface area contributed by atoms with E-state index in [9.17, 15) is 57.3 Å². The minimum Gasteiger partial charge on any atom is -0.310 e. The Morgan fingerprint density at radius 3 is 1.46 bits per heavy atom. The first-order valence-corrected chi connectivity index (χ1v) is 20.3. The Kier molecular flexibility index (Phi) is 13.2. The molecule has 0 radical (unpaired) electrons. The standard InChI is InChI=1S/C18H12ClF4N3O3S.C18H12ClF4N3O2S/c1-30(28,29)17-24-14(7-15(25-17)18(21,22)23)11-3-5-16(27)26(9-11)8-10-2-4-12(19)6-13(10)20;1-29(28)17-24-14(7-15(25-17)18(21,22)23)11-3-5-16(27)26(9-11)8-10-2-4-12(19)6-13(10)20/h2-7,9H,8H2,1H3;2-7,9H,8H2,1H3. The van der Waals surface area contributed by atoms with Gasteiger partial charge in [0.2, 0.25) is 20.2 Å². The number of hydrogen-bond acceptors (Lipinski definition) is 9. The van der Waals surface area contributed by atoms with Crippen molar-refractivity contribution in [2.24, 2.45) is 0 Å². The number of aromatic nitrogens is 6. The molecule has 0 bridgehead atoms. The van der Waals surface area contributed by atoms with E-state index in [0.717, 1.165) is 45.9 Å². The van der Waals surface area contributed by atoms with Gasteiger partial charge in [-0.3, -0.25) is 13.8 Å². The van der Waals surface area contributed by atoms with Crippen LogP contribution in [-0.4, -0.2) is 54.2 Å². The molecule has 0 saturated heterocycles. The molecule has 0 amide bonds. The van der Waals surface area contributed by atoms with E-state index in [1.807, 2.05) is 0 Å². The second-order valence-corrected chi connectivity index (χ2v) is 16.4. The number of sulfone groups is 1. The van der Waals surface area contributed by atoms with Crippen molar-refractivity contribution < 1.29 is 47.8 Å². The molecule has 2 aromatic carbocycles. The zero-order valence-corrected chi connectivity index (χ0v) is 33.0. The zero-order chi connectivity index (χ0) is 43.6. The maximum absolute atomic E-state index is 14.0. The van der Waals surface area contributed by atoms with E-state index in [4.69, 9.17) is 23.2 Å². The SMILES string of the molecule is CS(=O)(=O)c1nc(-c2ccc(=O)n(Cc3ccc(Cl)cc3F)c2)cc(C(F)(F)F)n1.CS(=O)c1nc(-c2ccc(=O)n(Cc3ccc(Cl)cc3F)c2)cc(C(F)(F)F)n1. The summed E-state index contributed by atoms with van der Waals surface area (Å²) in [5.74, 6) is -1.29. The molecule has 310 valence electrons. The minimum absolute atomic E-state index is 0.0155. The minimum atomic E-state index is -4.92.